The highest BCUT2D eigenvalue weighted by molar-refractivity contribution is 6.33. The lowest BCUT2D eigenvalue weighted by Gasteiger charge is -2.44. The number of benzene rings is 1. The van der Waals surface area contributed by atoms with Gasteiger partial charge in [0.1, 0.15) is 5.75 Å². The molecule has 3 aliphatic heterocycles. The largest absolute Gasteiger partial charge is 0.496 e. The standard InChI is InChI=1S/C17H21ClN4O3/c1-24-15-7-14(19)13(18)6-12(15)16-20-22(17(23)25-16)9-11-8-21-4-2-10(11)3-5-21/h6-7,10-11H,2-5,8-9,19H2,1H3/t11-/m1/s1. The van der Waals surface area contributed by atoms with Crippen LogP contribution in [0.2, 0.25) is 5.02 Å². The van der Waals surface area contributed by atoms with Gasteiger partial charge in [0.05, 0.1) is 29.9 Å². The number of halogens is 1. The quantitative estimate of drug-likeness (QED) is 0.836. The fourth-order valence-corrected chi connectivity index (χ4v) is 4.12. The van der Waals surface area contributed by atoms with Gasteiger partial charge in [0.2, 0.25) is 0 Å². The number of ether oxygens (including phenoxy) is 1. The molecule has 0 spiro atoms. The average molecular weight is 365 g/mol. The minimum atomic E-state index is -0.457. The zero-order valence-electron chi connectivity index (χ0n) is 14.1. The minimum absolute atomic E-state index is 0.199. The molecular formula is C17H21ClN4O3. The van der Waals surface area contributed by atoms with Crippen LogP contribution in [0.3, 0.4) is 0 Å². The lowest BCUT2D eigenvalue weighted by Crippen LogP contribution is -2.49. The van der Waals surface area contributed by atoms with Crippen LogP contribution >= 0.6 is 11.6 Å². The number of hydrogen-bond acceptors (Lipinski definition) is 6. The van der Waals surface area contributed by atoms with Gasteiger partial charge >= 0.3 is 5.76 Å². The molecule has 3 saturated heterocycles. The zero-order chi connectivity index (χ0) is 17.6. The summed E-state index contributed by atoms with van der Waals surface area (Å²) in [5, 5.41) is 4.74. The first-order valence-electron chi connectivity index (χ1n) is 8.49. The van der Waals surface area contributed by atoms with Gasteiger partial charge in [-0.1, -0.05) is 11.6 Å². The number of rotatable bonds is 4. The Labute approximate surface area is 150 Å². The van der Waals surface area contributed by atoms with Crippen molar-refractivity contribution in [3.8, 4) is 17.2 Å². The normalized spacial score (nSPS) is 25.3. The summed E-state index contributed by atoms with van der Waals surface area (Å²) in [5.74, 6) is 1.32. The Hall–Kier alpha value is -1.99. The maximum Gasteiger partial charge on any atom is 0.437 e. The summed E-state index contributed by atoms with van der Waals surface area (Å²) in [6, 6.07) is 3.21. The zero-order valence-corrected chi connectivity index (χ0v) is 14.8. The number of piperidine rings is 3. The smallest absolute Gasteiger partial charge is 0.437 e. The Kier molecular flexibility index (Phi) is 4.21. The number of aromatic nitrogens is 2. The lowest BCUT2D eigenvalue weighted by atomic mass is 9.79. The molecule has 8 heteroatoms. The highest BCUT2D eigenvalue weighted by Gasteiger charge is 2.35. The van der Waals surface area contributed by atoms with Crippen LogP contribution in [0.15, 0.2) is 21.3 Å². The Balaban J connectivity index is 1.63. The van der Waals surface area contributed by atoms with Crippen LogP contribution in [0.25, 0.3) is 11.5 Å². The minimum Gasteiger partial charge on any atom is -0.496 e. The molecule has 134 valence electrons. The summed E-state index contributed by atoms with van der Waals surface area (Å²) in [4.78, 5) is 14.7. The van der Waals surface area contributed by atoms with Gasteiger partial charge in [-0.3, -0.25) is 0 Å². The van der Waals surface area contributed by atoms with Crippen molar-refractivity contribution in [1.29, 1.82) is 0 Å². The Morgan fingerprint density at radius 1 is 1.40 bits per heavy atom. The molecule has 3 fully saturated rings. The summed E-state index contributed by atoms with van der Waals surface area (Å²) in [6.45, 7) is 3.94. The number of nitrogen functional groups attached to an aromatic ring is 1. The molecule has 0 aliphatic carbocycles. The molecule has 2 aromatic rings. The molecular weight excluding hydrogens is 344 g/mol. The van der Waals surface area contributed by atoms with Crippen LogP contribution in [0, 0.1) is 11.8 Å². The van der Waals surface area contributed by atoms with Crippen LogP contribution in [-0.4, -0.2) is 41.4 Å². The van der Waals surface area contributed by atoms with Gasteiger partial charge in [-0.2, -0.15) is 4.68 Å². The topological polar surface area (TPSA) is 86.5 Å². The number of nitrogens with zero attached hydrogens (tertiary/aromatic N) is 3. The molecule has 1 atom stereocenters. The van der Waals surface area contributed by atoms with E-state index in [-0.39, 0.29) is 5.89 Å². The summed E-state index contributed by atoms with van der Waals surface area (Å²) in [6.07, 6.45) is 2.40. The second-order valence-corrected chi connectivity index (χ2v) is 7.23. The first kappa shape index (κ1) is 16.5. The van der Waals surface area contributed by atoms with Crippen LogP contribution < -0.4 is 16.2 Å². The maximum atomic E-state index is 12.3. The van der Waals surface area contributed by atoms with Gasteiger partial charge in [0.15, 0.2) is 0 Å². The fourth-order valence-electron chi connectivity index (χ4n) is 3.95. The number of anilines is 1. The van der Waals surface area contributed by atoms with Gasteiger partial charge in [-0.25, -0.2) is 4.79 Å². The van der Waals surface area contributed by atoms with Crippen molar-refractivity contribution < 1.29 is 9.15 Å². The first-order valence-corrected chi connectivity index (χ1v) is 8.86. The van der Waals surface area contributed by atoms with Crippen molar-refractivity contribution in [2.45, 2.75) is 19.4 Å². The van der Waals surface area contributed by atoms with Gasteiger partial charge in [-0.15, -0.1) is 5.10 Å². The lowest BCUT2D eigenvalue weighted by molar-refractivity contribution is 0.0395. The molecule has 0 saturated carbocycles. The van der Waals surface area contributed by atoms with Crippen LogP contribution in [0.4, 0.5) is 5.69 Å². The van der Waals surface area contributed by atoms with Crippen molar-refractivity contribution in [2.24, 2.45) is 11.8 Å². The maximum absolute atomic E-state index is 12.3. The predicted molar refractivity (Wildman–Crippen MR) is 94.8 cm³/mol. The van der Waals surface area contributed by atoms with Crippen molar-refractivity contribution >= 4 is 17.3 Å². The van der Waals surface area contributed by atoms with Gasteiger partial charge in [-0.05, 0) is 43.8 Å². The first-order chi connectivity index (χ1) is 12.0. The van der Waals surface area contributed by atoms with E-state index in [1.807, 2.05) is 0 Å². The monoisotopic (exact) mass is 364 g/mol. The van der Waals surface area contributed by atoms with Crippen LogP contribution in [0.5, 0.6) is 5.75 Å². The van der Waals surface area contributed by atoms with Crippen molar-refractivity contribution in [3.05, 3.63) is 27.7 Å². The number of fused-ring (bicyclic) bond motifs is 3. The second kappa shape index (κ2) is 6.38. The fraction of sp³-hybridized carbons (Fsp3) is 0.529. The third-order valence-electron chi connectivity index (χ3n) is 5.35. The van der Waals surface area contributed by atoms with E-state index in [1.165, 1.54) is 37.7 Å². The molecule has 5 rings (SSSR count). The molecule has 4 heterocycles. The molecule has 1 aromatic heterocycles. The van der Waals surface area contributed by atoms with E-state index in [2.05, 4.69) is 10.00 Å². The molecule has 0 radical (unpaired) electrons. The van der Waals surface area contributed by atoms with Crippen LogP contribution in [-0.2, 0) is 6.54 Å². The van der Waals surface area contributed by atoms with Crippen LogP contribution in [0.1, 0.15) is 12.8 Å². The number of nitrogens with two attached hydrogens (primary N) is 1. The number of hydrogen-bond donors (Lipinski definition) is 1. The van der Waals surface area contributed by atoms with Crippen molar-refractivity contribution in [2.75, 3.05) is 32.5 Å². The predicted octanol–water partition coefficient (Wildman–Crippen LogP) is 2.09. The molecule has 1 aromatic carbocycles. The van der Waals surface area contributed by atoms with E-state index >= 15 is 0 Å². The summed E-state index contributed by atoms with van der Waals surface area (Å²) < 4.78 is 12.1. The van der Waals surface area contributed by atoms with E-state index in [0.717, 1.165) is 6.54 Å². The Bertz CT molecular complexity index is 839. The second-order valence-electron chi connectivity index (χ2n) is 6.83. The van der Waals surface area contributed by atoms with Gasteiger partial charge in [0.25, 0.3) is 5.89 Å². The van der Waals surface area contributed by atoms with E-state index < -0.39 is 5.76 Å². The SMILES string of the molecule is COc1cc(N)c(Cl)cc1-c1nn(C[C@H]2CN3CCC2CC3)c(=O)o1. The summed E-state index contributed by atoms with van der Waals surface area (Å²) >= 11 is 6.10. The average Bonchev–Trinajstić information content (AvgIpc) is 2.98. The summed E-state index contributed by atoms with van der Waals surface area (Å²) in [5.41, 5.74) is 6.72. The highest BCUT2D eigenvalue weighted by Crippen LogP contribution is 2.36. The Morgan fingerprint density at radius 3 is 2.80 bits per heavy atom. The van der Waals surface area contributed by atoms with Gasteiger partial charge in [0, 0.05) is 12.6 Å². The molecule has 2 bridgehead atoms. The van der Waals surface area contributed by atoms with Crippen molar-refractivity contribution in [3.63, 3.8) is 0 Å². The molecule has 3 aliphatic rings. The molecule has 2 N–H and O–H groups in total. The van der Waals surface area contributed by atoms with E-state index in [0.29, 0.717) is 40.4 Å². The third kappa shape index (κ3) is 3.02. The van der Waals surface area contributed by atoms with E-state index in [1.54, 1.807) is 12.1 Å². The van der Waals surface area contributed by atoms with Gasteiger partial charge < -0.3 is 19.8 Å². The van der Waals surface area contributed by atoms with Crippen molar-refractivity contribution in [1.82, 2.24) is 14.7 Å². The highest BCUT2D eigenvalue weighted by atomic mass is 35.5. The Morgan fingerprint density at radius 2 is 2.16 bits per heavy atom. The molecule has 25 heavy (non-hydrogen) atoms. The molecule has 0 unspecified atom stereocenters. The van der Waals surface area contributed by atoms with E-state index in [4.69, 9.17) is 26.5 Å². The number of methoxy groups -OCH3 is 1. The molecule has 7 nitrogen and oxygen atoms in total. The van der Waals surface area contributed by atoms with E-state index in [9.17, 15) is 4.79 Å². The summed E-state index contributed by atoms with van der Waals surface area (Å²) in [7, 11) is 1.52. The molecule has 0 amide bonds. The third-order valence-corrected chi connectivity index (χ3v) is 5.68.